The monoisotopic (exact) mass is 492 g/mol. The molecule has 0 aliphatic carbocycles. The van der Waals surface area contributed by atoms with Crippen molar-refractivity contribution in [1.82, 2.24) is 29.7 Å². The van der Waals surface area contributed by atoms with Crippen molar-refractivity contribution >= 4 is 50.8 Å². The van der Waals surface area contributed by atoms with E-state index < -0.39 is 9.84 Å². The van der Waals surface area contributed by atoms with Gasteiger partial charge in [0.05, 0.1) is 17.3 Å². The molecule has 3 aromatic rings. The lowest BCUT2D eigenvalue weighted by Gasteiger charge is -2.11. The highest BCUT2D eigenvalue weighted by atomic mass is 35.5. The van der Waals surface area contributed by atoms with Gasteiger partial charge in [-0.05, 0) is 30.7 Å². The van der Waals surface area contributed by atoms with E-state index in [0.29, 0.717) is 46.5 Å². The van der Waals surface area contributed by atoms with Crippen LogP contribution in [0.25, 0.3) is 0 Å². The molecule has 3 N–H and O–H groups in total. The Kier molecular flexibility index (Phi) is 6.63. The van der Waals surface area contributed by atoms with Crippen LogP contribution in [-0.4, -0.2) is 49.6 Å². The molecule has 0 bridgehead atoms. The summed E-state index contributed by atoms with van der Waals surface area (Å²) in [5.41, 5.74) is 6.62. The van der Waals surface area contributed by atoms with Gasteiger partial charge in [0, 0.05) is 23.2 Å². The van der Waals surface area contributed by atoms with Crippen LogP contribution >= 0.6 is 23.4 Å². The fourth-order valence-electron chi connectivity index (χ4n) is 3.36. The number of halogens is 1. The molecule has 1 atom stereocenters. The molecule has 1 aliphatic rings. The maximum Gasteiger partial charge on any atom is 0.232 e. The van der Waals surface area contributed by atoms with Gasteiger partial charge in [-0.25, -0.2) is 8.42 Å². The molecule has 1 fully saturated rings. The van der Waals surface area contributed by atoms with Gasteiger partial charge in [-0.3, -0.25) is 0 Å². The normalized spacial score (nSPS) is 17.3. The SMILES string of the molecule is C=CCn1c(SCc2nc(N)nc(Nc3ccc(Cl)cc3)n2)nnc1C1CCS(=O)(=O)C1. The van der Waals surface area contributed by atoms with E-state index >= 15 is 0 Å². The molecule has 13 heteroatoms. The highest BCUT2D eigenvalue weighted by Crippen LogP contribution is 2.31. The van der Waals surface area contributed by atoms with Crippen molar-refractivity contribution in [2.75, 3.05) is 22.6 Å². The Balaban J connectivity index is 1.50. The number of hydrogen-bond acceptors (Lipinski definition) is 10. The van der Waals surface area contributed by atoms with Crippen molar-refractivity contribution in [2.24, 2.45) is 0 Å². The topological polar surface area (TPSA) is 142 Å². The maximum atomic E-state index is 11.9. The van der Waals surface area contributed by atoms with Gasteiger partial charge >= 0.3 is 0 Å². The van der Waals surface area contributed by atoms with Crippen LogP contribution in [0.2, 0.25) is 5.02 Å². The van der Waals surface area contributed by atoms with Crippen molar-refractivity contribution in [3.63, 3.8) is 0 Å². The molecule has 0 spiro atoms. The third-order valence-electron chi connectivity index (χ3n) is 4.78. The fraction of sp³-hybridized carbons (Fsp3) is 0.316. The number of nitrogens with zero attached hydrogens (tertiary/aromatic N) is 6. The summed E-state index contributed by atoms with van der Waals surface area (Å²) in [5, 5.41) is 12.9. The summed E-state index contributed by atoms with van der Waals surface area (Å²) in [4.78, 5) is 12.7. The van der Waals surface area contributed by atoms with Crippen LogP contribution in [-0.2, 0) is 22.1 Å². The van der Waals surface area contributed by atoms with Gasteiger partial charge in [-0.2, -0.15) is 15.0 Å². The van der Waals surface area contributed by atoms with Crippen molar-refractivity contribution in [3.8, 4) is 0 Å². The summed E-state index contributed by atoms with van der Waals surface area (Å²) in [6.07, 6.45) is 2.28. The van der Waals surface area contributed by atoms with Gasteiger partial charge in [0.15, 0.2) is 15.0 Å². The number of hydrogen-bond donors (Lipinski definition) is 2. The maximum absolute atomic E-state index is 11.9. The zero-order valence-corrected chi connectivity index (χ0v) is 19.4. The van der Waals surface area contributed by atoms with E-state index in [1.807, 2.05) is 4.57 Å². The molecule has 0 amide bonds. The van der Waals surface area contributed by atoms with Gasteiger partial charge in [0.25, 0.3) is 0 Å². The Morgan fingerprint density at radius 1 is 1.25 bits per heavy atom. The summed E-state index contributed by atoms with van der Waals surface area (Å²) in [6.45, 7) is 4.27. The lowest BCUT2D eigenvalue weighted by atomic mass is 10.1. The average Bonchev–Trinajstić information content (AvgIpc) is 3.30. The molecule has 2 aromatic heterocycles. The highest BCUT2D eigenvalue weighted by molar-refractivity contribution is 7.98. The highest BCUT2D eigenvalue weighted by Gasteiger charge is 2.33. The Morgan fingerprint density at radius 2 is 2.03 bits per heavy atom. The smallest absolute Gasteiger partial charge is 0.232 e. The predicted octanol–water partition coefficient (Wildman–Crippen LogP) is 2.82. The molecule has 32 heavy (non-hydrogen) atoms. The summed E-state index contributed by atoms with van der Waals surface area (Å²) in [7, 11) is -3.03. The molecule has 168 valence electrons. The van der Waals surface area contributed by atoms with Gasteiger partial charge in [0.2, 0.25) is 11.9 Å². The molecular weight excluding hydrogens is 472 g/mol. The lowest BCUT2D eigenvalue weighted by Crippen LogP contribution is -2.11. The zero-order valence-electron chi connectivity index (χ0n) is 17.0. The minimum atomic E-state index is -3.03. The van der Waals surface area contributed by atoms with Gasteiger partial charge in [-0.15, -0.1) is 16.8 Å². The quantitative estimate of drug-likeness (QED) is 0.356. The molecule has 10 nitrogen and oxygen atoms in total. The number of allylic oxidation sites excluding steroid dienone is 1. The minimum Gasteiger partial charge on any atom is -0.368 e. The first kappa shape index (κ1) is 22.5. The largest absolute Gasteiger partial charge is 0.368 e. The number of thioether (sulfide) groups is 1. The number of nitrogens with one attached hydrogen (secondary N) is 1. The second-order valence-electron chi connectivity index (χ2n) is 7.19. The second kappa shape index (κ2) is 9.43. The van der Waals surface area contributed by atoms with Crippen LogP contribution in [0, 0.1) is 0 Å². The van der Waals surface area contributed by atoms with E-state index in [1.165, 1.54) is 11.8 Å². The van der Waals surface area contributed by atoms with Gasteiger partial charge in [-0.1, -0.05) is 29.4 Å². The molecule has 4 rings (SSSR count). The van der Waals surface area contributed by atoms with Crippen molar-refractivity contribution in [3.05, 3.63) is 53.6 Å². The van der Waals surface area contributed by atoms with Crippen molar-refractivity contribution in [1.29, 1.82) is 0 Å². The summed E-state index contributed by atoms with van der Waals surface area (Å²) >= 11 is 7.30. The Morgan fingerprint density at radius 3 is 2.72 bits per heavy atom. The van der Waals surface area contributed by atoms with Crippen LogP contribution in [0.1, 0.15) is 24.0 Å². The first-order valence-corrected chi connectivity index (χ1v) is 12.9. The third-order valence-corrected chi connectivity index (χ3v) is 7.77. The van der Waals surface area contributed by atoms with Crippen LogP contribution < -0.4 is 11.1 Å². The first-order chi connectivity index (χ1) is 15.3. The second-order valence-corrected chi connectivity index (χ2v) is 10.8. The molecule has 1 aliphatic heterocycles. The van der Waals surface area contributed by atoms with Crippen LogP contribution in [0.4, 0.5) is 17.6 Å². The van der Waals surface area contributed by atoms with E-state index in [0.717, 1.165) is 5.69 Å². The average molecular weight is 493 g/mol. The molecule has 1 aromatic carbocycles. The molecule has 0 saturated carbocycles. The number of nitrogen functional groups attached to an aromatic ring is 1. The van der Waals surface area contributed by atoms with Crippen LogP contribution in [0.5, 0.6) is 0 Å². The summed E-state index contributed by atoms with van der Waals surface area (Å²) in [6, 6.07) is 7.12. The number of sulfone groups is 1. The Labute approximate surface area is 194 Å². The lowest BCUT2D eigenvalue weighted by molar-refractivity contribution is 0.597. The van der Waals surface area contributed by atoms with Gasteiger partial charge < -0.3 is 15.6 Å². The number of aromatic nitrogens is 6. The molecule has 1 saturated heterocycles. The van der Waals surface area contributed by atoms with Crippen molar-refractivity contribution < 1.29 is 8.42 Å². The fourth-order valence-corrected chi connectivity index (χ4v) is 6.03. The molecule has 3 heterocycles. The molecule has 1 unspecified atom stereocenters. The number of rotatable bonds is 8. The standard InChI is InChI=1S/C19H21ClN8O2S2/c1-2-8-28-16(12-7-9-32(29,30)11-12)26-27-19(28)31-10-15-23-17(21)25-18(24-15)22-14-5-3-13(20)4-6-14/h2-6,12H,1,7-11H2,(H3,21,22,23,24,25). The van der Waals surface area contributed by atoms with Gasteiger partial charge in [0.1, 0.15) is 11.6 Å². The minimum absolute atomic E-state index is 0.0939. The molecular formula is C19H21ClN8O2S2. The van der Waals surface area contributed by atoms with E-state index in [1.54, 1.807) is 30.3 Å². The summed E-state index contributed by atoms with van der Waals surface area (Å²) in [5.74, 6) is 2.03. The first-order valence-electron chi connectivity index (χ1n) is 9.73. The van der Waals surface area contributed by atoms with E-state index in [4.69, 9.17) is 17.3 Å². The predicted molar refractivity (Wildman–Crippen MR) is 125 cm³/mol. The van der Waals surface area contributed by atoms with Crippen LogP contribution in [0.3, 0.4) is 0 Å². The van der Waals surface area contributed by atoms with E-state index in [9.17, 15) is 8.42 Å². The van der Waals surface area contributed by atoms with Crippen molar-refractivity contribution in [2.45, 2.75) is 29.8 Å². The zero-order chi connectivity index (χ0) is 22.7. The van der Waals surface area contributed by atoms with E-state index in [2.05, 4.69) is 37.0 Å². The number of anilines is 3. The molecule has 0 radical (unpaired) electrons. The third kappa shape index (κ3) is 5.37. The Hall–Kier alpha value is -2.70. The van der Waals surface area contributed by atoms with E-state index in [-0.39, 0.29) is 23.4 Å². The van der Waals surface area contributed by atoms with Crippen LogP contribution in [0.15, 0.2) is 42.1 Å². The number of benzene rings is 1. The number of nitrogens with two attached hydrogens (primary N) is 1. The Bertz CT molecular complexity index is 1230. The summed E-state index contributed by atoms with van der Waals surface area (Å²) < 4.78 is 25.7.